The van der Waals surface area contributed by atoms with Crippen LogP contribution < -0.4 is 9.47 Å². The van der Waals surface area contributed by atoms with Gasteiger partial charge in [0.2, 0.25) is 6.29 Å². The Kier molecular flexibility index (Phi) is 8.39. The highest BCUT2D eigenvalue weighted by Gasteiger charge is 2.51. The molecule has 8 N–H and O–H groups in total. The molecule has 3 aliphatic heterocycles. The second-order valence-corrected chi connectivity index (χ2v) is 10.2. The maximum Gasteiger partial charge on any atom is 0.229 e. The van der Waals surface area contributed by atoms with Gasteiger partial charge in [-0.2, -0.15) is 0 Å². The maximum atomic E-state index is 12.9. The molecule has 2 aromatic rings. The van der Waals surface area contributed by atoms with E-state index >= 15 is 0 Å². The van der Waals surface area contributed by atoms with Gasteiger partial charge in [-0.05, 0) is 24.6 Å². The zero-order chi connectivity index (χ0) is 29.6. The van der Waals surface area contributed by atoms with Gasteiger partial charge in [-0.1, -0.05) is 12.1 Å². The molecular formula is C27H32O14. The molecule has 2 saturated heterocycles. The van der Waals surface area contributed by atoms with Gasteiger partial charge in [0.05, 0.1) is 19.1 Å². The molecule has 14 nitrogen and oxygen atoms in total. The number of aromatic hydroxyl groups is 2. The molecular weight excluding hydrogens is 548 g/mol. The van der Waals surface area contributed by atoms with Gasteiger partial charge in [-0.15, -0.1) is 0 Å². The Hall–Kier alpha value is -3.05. The van der Waals surface area contributed by atoms with Crippen LogP contribution in [0.15, 0.2) is 36.4 Å². The first-order chi connectivity index (χ1) is 19.5. The summed E-state index contributed by atoms with van der Waals surface area (Å²) in [5, 5.41) is 81.6. The fourth-order valence-corrected chi connectivity index (χ4v) is 5.07. The number of hydrogen-bond acceptors (Lipinski definition) is 14. The van der Waals surface area contributed by atoms with Crippen molar-refractivity contribution in [2.45, 2.75) is 80.9 Å². The van der Waals surface area contributed by atoms with Crippen molar-refractivity contribution in [3.63, 3.8) is 0 Å². The van der Waals surface area contributed by atoms with Crippen molar-refractivity contribution >= 4 is 5.78 Å². The first-order valence-corrected chi connectivity index (χ1v) is 13.0. The second-order valence-electron chi connectivity index (χ2n) is 10.2. The standard InChI is InChI=1S/C27H32O14/c1-10-20(32)22(34)24(36)26(37-10)41-25-23(35)21(33)18(9-28)40-27(25)38-13-6-14(30)19-15(31)8-16(39-17(19)7-13)11-2-4-12(29)5-3-11/h2-7,10,16,18,20-30,32-36H,8-9H2,1H3/t10-,16-,18-,20+,21+,22-,23+,24-,25+,26-,27-/m0/s1. The van der Waals surface area contributed by atoms with Crippen LogP contribution in [0.3, 0.4) is 0 Å². The highest BCUT2D eigenvalue weighted by atomic mass is 16.8. The molecule has 0 spiro atoms. The number of Topliss-reactive ketones (excluding diaryl/α,β-unsaturated/α-hetero) is 1. The summed E-state index contributed by atoms with van der Waals surface area (Å²) in [5.74, 6) is -0.947. The first-order valence-electron chi connectivity index (χ1n) is 13.0. The lowest BCUT2D eigenvalue weighted by atomic mass is 9.95. The van der Waals surface area contributed by atoms with Crippen LogP contribution in [0.5, 0.6) is 23.0 Å². The van der Waals surface area contributed by atoms with E-state index in [1.54, 1.807) is 12.1 Å². The van der Waals surface area contributed by atoms with Crippen LogP contribution in [0.2, 0.25) is 0 Å². The van der Waals surface area contributed by atoms with E-state index in [-0.39, 0.29) is 29.2 Å². The number of phenols is 2. The van der Waals surface area contributed by atoms with Crippen LogP contribution in [0.25, 0.3) is 0 Å². The van der Waals surface area contributed by atoms with Gasteiger partial charge < -0.3 is 64.5 Å². The Morgan fingerprint density at radius 2 is 1.59 bits per heavy atom. The van der Waals surface area contributed by atoms with Crippen LogP contribution in [0, 0.1) is 0 Å². The van der Waals surface area contributed by atoms with Crippen molar-refractivity contribution in [2.24, 2.45) is 0 Å². The number of carbonyl (C=O) groups is 1. The Bertz CT molecular complexity index is 1240. The third-order valence-corrected chi connectivity index (χ3v) is 7.42. The average molecular weight is 581 g/mol. The third-order valence-electron chi connectivity index (χ3n) is 7.42. The summed E-state index contributed by atoms with van der Waals surface area (Å²) in [6.07, 6.45) is -16.0. The number of ketones is 1. The molecule has 2 aromatic carbocycles. The summed E-state index contributed by atoms with van der Waals surface area (Å²) in [6.45, 7) is 0.716. The van der Waals surface area contributed by atoms with Crippen molar-refractivity contribution in [2.75, 3.05) is 6.61 Å². The van der Waals surface area contributed by atoms with Crippen LogP contribution in [0.4, 0.5) is 0 Å². The number of benzene rings is 2. The van der Waals surface area contributed by atoms with Gasteiger partial charge in [0.15, 0.2) is 18.2 Å². The van der Waals surface area contributed by atoms with E-state index in [9.17, 15) is 45.6 Å². The van der Waals surface area contributed by atoms with Crippen molar-refractivity contribution in [1.82, 2.24) is 0 Å². The lowest BCUT2D eigenvalue weighted by Crippen LogP contribution is -2.64. The monoisotopic (exact) mass is 580 g/mol. The maximum absolute atomic E-state index is 12.9. The van der Waals surface area contributed by atoms with Gasteiger partial charge in [-0.25, -0.2) is 0 Å². The van der Waals surface area contributed by atoms with Crippen molar-refractivity contribution in [3.05, 3.63) is 47.5 Å². The molecule has 0 unspecified atom stereocenters. The molecule has 0 bridgehead atoms. The summed E-state index contributed by atoms with van der Waals surface area (Å²) >= 11 is 0. The molecule has 3 heterocycles. The number of hydrogen-bond donors (Lipinski definition) is 8. The van der Waals surface area contributed by atoms with Gasteiger partial charge in [0.25, 0.3) is 0 Å². The van der Waals surface area contributed by atoms with Crippen LogP contribution in [-0.2, 0) is 14.2 Å². The average Bonchev–Trinajstić information content (AvgIpc) is 2.94. The minimum atomic E-state index is -1.75. The molecule has 3 aliphatic rings. The van der Waals surface area contributed by atoms with Gasteiger partial charge in [0, 0.05) is 12.1 Å². The summed E-state index contributed by atoms with van der Waals surface area (Å²) in [4.78, 5) is 12.9. The second kappa shape index (κ2) is 11.7. The molecule has 0 amide bonds. The fourth-order valence-electron chi connectivity index (χ4n) is 5.07. The Labute approximate surface area is 233 Å². The fraction of sp³-hybridized carbons (Fsp3) is 0.519. The van der Waals surface area contributed by atoms with Crippen molar-refractivity contribution in [1.29, 1.82) is 0 Å². The summed E-state index contributed by atoms with van der Waals surface area (Å²) < 4.78 is 28.6. The normalized spacial score (nSPS) is 37.2. The van der Waals surface area contributed by atoms with Crippen LogP contribution in [0.1, 0.15) is 35.4 Å². The third kappa shape index (κ3) is 5.70. The van der Waals surface area contributed by atoms with E-state index in [1.165, 1.54) is 25.1 Å². The number of rotatable bonds is 6. The lowest BCUT2D eigenvalue weighted by molar-refractivity contribution is -0.354. The molecule has 2 fully saturated rings. The zero-order valence-corrected chi connectivity index (χ0v) is 21.8. The van der Waals surface area contributed by atoms with Gasteiger partial charge in [0.1, 0.15) is 71.3 Å². The smallest absolute Gasteiger partial charge is 0.229 e. The SMILES string of the molecule is C[C@@H]1O[C@@H](O[C@H]2[C@@H](Oc3cc(O)c4c(c3)O[C@H](c3ccc(O)cc3)CC4=O)O[C@@H](CO)[C@@H](O)[C@H]2O)[C@@H](O)[C@@H](O)[C@@H]1O. The molecule has 0 saturated carbocycles. The Morgan fingerprint density at radius 1 is 0.878 bits per heavy atom. The van der Waals surface area contributed by atoms with E-state index in [4.69, 9.17) is 23.7 Å². The largest absolute Gasteiger partial charge is 0.508 e. The van der Waals surface area contributed by atoms with E-state index in [2.05, 4.69) is 0 Å². The zero-order valence-electron chi connectivity index (χ0n) is 21.8. The Morgan fingerprint density at radius 3 is 2.27 bits per heavy atom. The minimum absolute atomic E-state index is 0.0149. The number of aliphatic hydroxyl groups excluding tert-OH is 6. The highest BCUT2D eigenvalue weighted by Crippen LogP contribution is 2.43. The minimum Gasteiger partial charge on any atom is -0.508 e. The summed E-state index contributed by atoms with van der Waals surface area (Å²) in [7, 11) is 0. The quantitative estimate of drug-likeness (QED) is 0.202. The lowest BCUT2D eigenvalue weighted by Gasteiger charge is -2.45. The number of ether oxygens (including phenoxy) is 5. The number of fused-ring (bicyclic) bond motifs is 1. The van der Waals surface area contributed by atoms with Gasteiger partial charge in [-0.3, -0.25) is 4.79 Å². The van der Waals surface area contributed by atoms with Gasteiger partial charge >= 0.3 is 0 Å². The highest BCUT2D eigenvalue weighted by molar-refractivity contribution is 6.02. The van der Waals surface area contributed by atoms with E-state index in [1.807, 2.05) is 0 Å². The predicted octanol–water partition coefficient (Wildman–Crippen LogP) is -1.17. The topological polar surface area (TPSA) is 225 Å². The summed E-state index contributed by atoms with van der Waals surface area (Å²) in [5.41, 5.74) is 0.529. The molecule has 0 aliphatic carbocycles. The Balaban J connectivity index is 1.41. The number of carbonyl (C=O) groups excluding carboxylic acids is 1. The van der Waals surface area contributed by atoms with Crippen molar-refractivity contribution < 1.29 is 69.3 Å². The predicted molar refractivity (Wildman–Crippen MR) is 134 cm³/mol. The number of phenolic OH excluding ortho intramolecular Hbond substituents is 2. The van der Waals surface area contributed by atoms with E-state index in [0.717, 1.165) is 6.07 Å². The van der Waals surface area contributed by atoms with Crippen LogP contribution in [-0.4, -0.2) is 115 Å². The first kappa shape index (κ1) is 29.4. The molecule has 11 atom stereocenters. The molecule has 5 rings (SSSR count). The van der Waals surface area contributed by atoms with Crippen molar-refractivity contribution in [3.8, 4) is 23.0 Å². The van der Waals surface area contributed by atoms with E-state index < -0.39 is 85.7 Å². The molecule has 14 heteroatoms. The molecule has 0 radical (unpaired) electrons. The van der Waals surface area contributed by atoms with Crippen LogP contribution >= 0.6 is 0 Å². The summed E-state index contributed by atoms with van der Waals surface area (Å²) in [6, 6.07) is 8.50. The van der Waals surface area contributed by atoms with E-state index in [0.29, 0.717) is 5.56 Å². The number of aliphatic hydroxyl groups is 6. The molecule has 224 valence electrons. The molecule has 41 heavy (non-hydrogen) atoms. The molecule has 0 aromatic heterocycles.